The summed E-state index contributed by atoms with van der Waals surface area (Å²) in [6.07, 6.45) is 0. The van der Waals surface area contributed by atoms with Crippen LogP contribution in [0.15, 0.2) is 52.7 Å². The summed E-state index contributed by atoms with van der Waals surface area (Å²) < 4.78 is 2.72. The summed E-state index contributed by atoms with van der Waals surface area (Å²) in [7, 11) is -0.815. The van der Waals surface area contributed by atoms with E-state index in [-0.39, 0.29) is 41.4 Å². The molecule has 0 heterocycles. The van der Waals surface area contributed by atoms with E-state index < -0.39 is 11.0 Å². The van der Waals surface area contributed by atoms with E-state index >= 15 is 0 Å². The van der Waals surface area contributed by atoms with E-state index in [1.54, 1.807) is 11.3 Å². The summed E-state index contributed by atoms with van der Waals surface area (Å²) in [6, 6.07) is 11.0. The fraction of sp³-hybridized carbons (Fsp3) is 0.412. The number of hydrogen-bond donors (Lipinski definition) is 0. The molecule has 22 heavy (non-hydrogen) atoms. The van der Waals surface area contributed by atoms with Gasteiger partial charge in [0, 0.05) is 0 Å². The van der Waals surface area contributed by atoms with Crippen LogP contribution >= 0.6 is 0 Å². The van der Waals surface area contributed by atoms with Crippen molar-refractivity contribution >= 4 is 16.6 Å². The van der Waals surface area contributed by atoms with Gasteiger partial charge in [0.1, 0.15) is 0 Å². The van der Waals surface area contributed by atoms with E-state index in [4.69, 9.17) is 0 Å². The molecule has 1 aromatic carbocycles. The Hall–Kier alpha value is 0.337. The molecule has 0 aliphatic heterocycles. The van der Waals surface area contributed by atoms with E-state index in [1.807, 2.05) is 0 Å². The molecule has 0 amide bonds. The van der Waals surface area contributed by atoms with E-state index in [2.05, 4.69) is 72.9 Å². The van der Waals surface area contributed by atoms with Crippen LogP contribution in [-0.2, 0) is 16.6 Å². The normalized spacial score (nSPS) is 16.7. The van der Waals surface area contributed by atoms with Crippen LogP contribution in [0.1, 0.15) is 27.7 Å². The largest absolute Gasteiger partial charge is 1.00 e. The summed E-state index contributed by atoms with van der Waals surface area (Å²) in [5.74, 6) is 5.61. The minimum absolute atomic E-state index is 0. The number of hydrogen-bond acceptors (Lipinski definition) is 1. The number of anilines is 1. The quantitative estimate of drug-likeness (QED) is 0.554. The Morgan fingerprint density at radius 3 is 1.91 bits per heavy atom. The predicted octanol–water partition coefficient (Wildman–Crippen LogP) is -0.990. The molecule has 1 atom stereocenters. The first-order valence-electron chi connectivity index (χ1n) is 7.24. The zero-order chi connectivity index (χ0) is 14.9. The van der Waals surface area contributed by atoms with Crippen molar-refractivity contribution < 1.29 is 41.4 Å². The second kappa shape index (κ2) is 9.59. The Balaban J connectivity index is 0.00000220. The number of nitrogens with zero attached hydrogens (tertiary/aromatic N) is 1. The zero-order valence-corrected chi connectivity index (χ0v) is 19.3. The number of allylic oxidation sites excluding steroid dienone is 3. The molecule has 0 radical (unpaired) electrons. The van der Waals surface area contributed by atoms with E-state index in [0.29, 0.717) is 5.92 Å². The Morgan fingerprint density at radius 2 is 1.50 bits per heavy atom. The fourth-order valence-electron chi connectivity index (χ4n) is 2.77. The van der Waals surface area contributed by atoms with Crippen molar-refractivity contribution in [3.05, 3.63) is 52.7 Å². The molecule has 0 aromatic heterocycles. The topological polar surface area (TPSA) is 3.24 Å². The van der Waals surface area contributed by atoms with Crippen LogP contribution in [0, 0.1) is 5.92 Å². The van der Waals surface area contributed by atoms with Crippen LogP contribution in [0.4, 0.5) is 5.69 Å². The number of benzene rings is 1. The molecule has 0 saturated heterocycles. The minimum Gasteiger partial charge on any atom is -1.00 e. The van der Waals surface area contributed by atoms with Crippen molar-refractivity contribution in [3.8, 4) is 0 Å². The van der Waals surface area contributed by atoms with Gasteiger partial charge in [0.05, 0.1) is 0 Å². The van der Waals surface area contributed by atoms with Gasteiger partial charge in [0.2, 0.25) is 0 Å². The molecule has 2 rings (SSSR count). The molecule has 0 bridgehead atoms. The Labute approximate surface area is 158 Å². The van der Waals surface area contributed by atoms with Crippen LogP contribution in [0.5, 0.6) is 0 Å². The second-order valence-corrected chi connectivity index (χ2v) is 21.1. The van der Waals surface area contributed by atoms with Gasteiger partial charge in [0.15, 0.2) is 0 Å². The minimum atomic E-state index is -0.815. The molecule has 1 unspecified atom stereocenters. The molecule has 1 nitrogen and oxygen atoms in total. The monoisotopic (exact) mass is 434 g/mol. The molecule has 1 aliphatic rings. The SMILES string of the molecule is CC1=C(C)C(C)C([N]([Ti+2]=[Ge]([CH3])[CH3])c2ccccc2)=C1C.[Cl-].[Cl-]. The predicted molar refractivity (Wildman–Crippen MR) is 86.6 cm³/mol. The number of rotatable bonds is 3. The van der Waals surface area contributed by atoms with Crippen molar-refractivity contribution in [3.63, 3.8) is 0 Å². The third-order valence-corrected chi connectivity index (χ3v) is 11.8. The van der Waals surface area contributed by atoms with Gasteiger partial charge >= 0.3 is 134 Å². The van der Waals surface area contributed by atoms with Gasteiger partial charge in [0.25, 0.3) is 0 Å². The van der Waals surface area contributed by atoms with Crippen LogP contribution in [0.3, 0.4) is 0 Å². The molecule has 0 N–H and O–H groups in total. The summed E-state index contributed by atoms with van der Waals surface area (Å²) in [6.45, 7) is 9.27. The third kappa shape index (κ3) is 4.67. The van der Waals surface area contributed by atoms with E-state index in [9.17, 15) is 0 Å². The molecule has 1 aromatic rings. The molecular formula is C17H24Cl2GeNTi. The fourth-order valence-corrected chi connectivity index (χ4v) is 10.7. The van der Waals surface area contributed by atoms with Crippen molar-refractivity contribution in [1.29, 1.82) is 0 Å². The van der Waals surface area contributed by atoms with Crippen LogP contribution in [0.2, 0.25) is 11.5 Å². The van der Waals surface area contributed by atoms with E-state index in [1.165, 1.54) is 16.8 Å². The zero-order valence-electron chi connectivity index (χ0n) is 14.2. The van der Waals surface area contributed by atoms with Gasteiger partial charge in [-0.05, 0) is 0 Å². The Bertz CT molecular complexity index is 604. The first kappa shape index (κ1) is 22.3. The van der Waals surface area contributed by atoms with Gasteiger partial charge < -0.3 is 24.8 Å². The van der Waals surface area contributed by atoms with Gasteiger partial charge in [-0.25, -0.2) is 0 Å². The molecule has 1 aliphatic carbocycles. The third-order valence-electron chi connectivity index (χ3n) is 4.19. The Kier molecular flexibility index (Phi) is 9.74. The van der Waals surface area contributed by atoms with Gasteiger partial charge in [-0.2, -0.15) is 0 Å². The summed E-state index contributed by atoms with van der Waals surface area (Å²) in [5, 5.41) is 0. The smallest absolute Gasteiger partial charge is 1.00 e. The standard InChI is InChI=1S/C15H18N.C2H6Ge.2ClH.Ti/c1-10-11(2)13(4)15(12(10)3)16-14-8-6-5-7-9-14;1-3-2;;;/h5-9,12H,1-4H3;1-2H3;2*1H;/q-1;;;;+3/p-2. The molecular weight excluding hydrogens is 410 g/mol. The van der Waals surface area contributed by atoms with Gasteiger partial charge in [-0.3, -0.25) is 0 Å². The number of para-hydroxylation sites is 1. The first-order chi connectivity index (χ1) is 9.43. The van der Waals surface area contributed by atoms with Gasteiger partial charge in [-0.1, -0.05) is 0 Å². The van der Waals surface area contributed by atoms with Crippen molar-refractivity contribution in [2.75, 3.05) is 3.38 Å². The molecule has 0 saturated carbocycles. The van der Waals surface area contributed by atoms with Crippen LogP contribution in [-0.4, -0.2) is 11.0 Å². The average molecular weight is 434 g/mol. The molecule has 0 spiro atoms. The maximum atomic E-state index is 2.72. The molecule has 5 heteroatoms. The van der Waals surface area contributed by atoms with Crippen molar-refractivity contribution in [2.45, 2.75) is 39.2 Å². The summed E-state index contributed by atoms with van der Waals surface area (Å²) >= 11 is -0.0212. The first-order valence-corrected chi connectivity index (χ1v) is 17.2. The van der Waals surface area contributed by atoms with E-state index in [0.717, 1.165) is 0 Å². The number of halogens is 2. The van der Waals surface area contributed by atoms with Gasteiger partial charge in [-0.15, -0.1) is 0 Å². The Morgan fingerprint density at radius 1 is 0.955 bits per heavy atom. The summed E-state index contributed by atoms with van der Waals surface area (Å²) in [4.78, 5) is 0. The maximum Gasteiger partial charge on any atom is -1.00 e. The summed E-state index contributed by atoms with van der Waals surface area (Å²) in [5.41, 5.74) is 7.57. The second-order valence-electron chi connectivity index (χ2n) is 5.82. The molecule has 0 fully saturated rings. The van der Waals surface area contributed by atoms with Crippen molar-refractivity contribution in [2.24, 2.45) is 5.92 Å². The average Bonchev–Trinajstić information content (AvgIpc) is 2.62. The van der Waals surface area contributed by atoms with Crippen LogP contribution in [0.25, 0.3) is 0 Å². The van der Waals surface area contributed by atoms with Crippen LogP contribution < -0.4 is 28.2 Å². The molecule has 119 valence electrons. The maximum absolute atomic E-state index is 2.72. The van der Waals surface area contributed by atoms with Crippen molar-refractivity contribution in [1.82, 2.24) is 0 Å².